The second-order valence-corrected chi connectivity index (χ2v) is 5.73. The summed E-state index contributed by atoms with van der Waals surface area (Å²) in [6.07, 6.45) is 0. The first-order chi connectivity index (χ1) is 9.49. The molecule has 1 aromatic carbocycles. The van der Waals surface area contributed by atoms with Crippen molar-refractivity contribution in [2.75, 3.05) is 19.6 Å². The lowest BCUT2D eigenvalue weighted by molar-refractivity contribution is 0.0954. The van der Waals surface area contributed by atoms with Crippen molar-refractivity contribution in [1.29, 1.82) is 0 Å². The van der Waals surface area contributed by atoms with E-state index in [2.05, 4.69) is 45.4 Å². The lowest BCUT2D eigenvalue weighted by atomic mass is 10.2. The predicted octanol–water partition coefficient (Wildman–Crippen LogP) is 1.74. The Labute approximate surface area is 128 Å². The summed E-state index contributed by atoms with van der Waals surface area (Å²) < 4.78 is 0.883. The van der Waals surface area contributed by atoms with Gasteiger partial charge in [-0.2, -0.15) is 0 Å². The predicted molar refractivity (Wildman–Crippen MR) is 85.8 cm³/mol. The second-order valence-electron chi connectivity index (χ2n) is 4.81. The van der Waals surface area contributed by atoms with Gasteiger partial charge in [0.15, 0.2) is 5.96 Å². The molecule has 0 radical (unpaired) electrons. The number of hydrogen-bond donors (Lipinski definition) is 3. The maximum Gasteiger partial charge on any atom is 0.251 e. The average Bonchev–Trinajstić information content (AvgIpc) is 2.41. The standard InChI is InChI=1S/C14H21BrN4O/c1-10(2)9-19-14(16)18-7-6-17-13(20)11-4-3-5-12(15)8-11/h3-5,8,10H,6-7,9H2,1-2H3,(H,17,20)(H3,16,18,19). The molecule has 110 valence electrons. The number of aliphatic imine (C=N–C) groups is 1. The Balaban J connectivity index is 2.27. The van der Waals surface area contributed by atoms with Crippen LogP contribution in [0.3, 0.4) is 0 Å². The third-order valence-corrected chi connectivity index (χ3v) is 2.92. The first-order valence-corrected chi connectivity index (χ1v) is 7.36. The van der Waals surface area contributed by atoms with Gasteiger partial charge in [-0.05, 0) is 24.1 Å². The fraction of sp³-hybridized carbons (Fsp3) is 0.429. The van der Waals surface area contributed by atoms with Crippen molar-refractivity contribution in [3.05, 3.63) is 34.3 Å². The Morgan fingerprint density at radius 3 is 2.70 bits per heavy atom. The van der Waals surface area contributed by atoms with Crippen molar-refractivity contribution in [2.45, 2.75) is 13.8 Å². The highest BCUT2D eigenvalue weighted by Gasteiger charge is 2.04. The van der Waals surface area contributed by atoms with Crippen molar-refractivity contribution >= 4 is 27.8 Å². The summed E-state index contributed by atoms with van der Waals surface area (Å²) in [6.45, 7) is 5.89. The fourth-order valence-corrected chi connectivity index (χ4v) is 1.83. The van der Waals surface area contributed by atoms with Crippen molar-refractivity contribution in [1.82, 2.24) is 10.6 Å². The van der Waals surface area contributed by atoms with Gasteiger partial charge in [0.2, 0.25) is 0 Å². The molecule has 6 heteroatoms. The molecule has 20 heavy (non-hydrogen) atoms. The molecule has 0 aliphatic rings. The minimum absolute atomic E-state index is 0.106. The largest absolute Gasteiger partial charge is 0.370 e. The smallest absolute Gasteiger partial charge is 0.251 e. The fourth-order valence-electron chi connectivity index (χ4n) is 1.44. The van der Waals surface area contributed by atoms with Crippen LogP contribution in [-0.2, 0) is 0 Å². The highest BCUT2D eigenvalue weighted by atomic mass is 79.9. The van der Waals surface area contributed by atoms with Crippen molar-refractivity contribution in [3.63, 3.8) is 0 Å². The molecule has 0 aliphatic heterocycles. The highest BCUT2D eigenvalue weighted by Crippen LogP contribution is 2.11. The van der Waals surface area contributed by atoms with Crippen LogP contribution < -0.4 is 16.4 Å². The zero-order chi connectivity index (χ0) is 15.0. The average molecular weight is 341 g/mol. The Morgan fingerprint density at radius 2 is 2.05 bits per heavy atom. The maximum absolute atomic E-state index is 11.8. The van der Waals surface area contributed by atoms with Gasteiger partial charge in [-0.15, -0.1) is 0 Å². The van der Waals surface area contributed by atoms with Crippen LogP contribution in [0.1, 0.15) is 24.2 Å². The molecule has 1 amide bonds. The first kappa shape index (κ1) is 16.5. The minimum atomic E-state index is -0.106. The normalized spacial score (nSPS) is 11.5. The lowest BCUT2D eigenvalue weighted by Gasteiger charge is -2.08. The molecule has 0 saturated carbocycles. The van der Waals surface area contributed by atoms with Gasteiger partial charge in [0.05, 0.1) is 0 Å². The molecular weight excluding hydrogens is 320 g/mol. The molecule has 0 spiro atoms. The van der Waals surface area contributed by atoms with Crippen LogP contribution in [-0.4, -0.2) is 31.5 Å². The number of rotatable bonds is 6. The number of nitrogens with one attached hydrogen (secondary N) is 2. The van der Waals surface area contributed by atoms with Crippen LogP contribution >= 0.6 is 15.9 Å². The number of halogens is 1. The van der Waals surface area contributed by atoms with Gasteiger partial charge < -0.3 is 16.4 Å². The van der Waals surface area contributed by atoms with Crippen molar-refractivity contribution in [3.8, 4) is 0 Å². The number of carbonyl (C=O) groups is 1. The van der Waals surface area contributed by atoms with Crippen molar-refractivity contribution in [2.24, 2.45) is 16.6 Å². The summed E-state index contributed by atoms with van der Waals surface area (Å²) in [5.41, 5.74) is 6.32. The third kappa shape index (κ3) is 6.56. The summed E-state index contributed by atoms with van der Waals surface area (Å²) >= 11 is 3.34. The number of amides is 1. The molecule has 0 fully saturated rings. The zero-order valence-electron chi connectivity index (χ0n) is 11.8. The van der Waals surface area contributed by atoms with Crippen LogP contribution in [0, 0.1) is 5.92 Å². The lowest BCUT2D eigenvalue weighted by Crippen LogP contribution is -2.38. The number of nitrogens with zero attached hydrogens (tertiary/aromatic N) is 1. The summed E-state index contributed by atoms with van der Waals surface area (Å²) in [6, 6.07) is 7.26. The topological polar surface area (TPSA) is 79.5 Å². The summed E-state index contributed by atoms with van der Waals surface area (Å²) in [5.74, 6) is 0.785. The van der Waals surface area contributed by atoms with E-state index >= 15 is 0 Å². The zero-order valence-corrected chi connectivity index (χ0v) is 13.4. The van der Waals surface area contributed by atoms with Crippen LogP contribution in [0.5, 0.6) is 0 Å². The van der Waals surface area contributed by atoms with E-state index < -0.39 is 0 Å². The minimum Gasteiger partial charge on any atom is -0.370 e. The van der Waals surface area contributed by atoms with Gasteiger partial charge in [-0.1, -0.05) is 35.8 Å². The molecule has 0 bridgehead atoms. The first-order valence-electron chi connectivity index (χ1n) is 6.56. The molecule has 0 aromatic heterocycles. The Morgan fingerprint density at radius 1 is 1.35 bits per heavy atom. The Hall–Kier alpha value is -1.56. The summed E-state index contributed by atoms with van der Waals surface area (Å²) in [4.78, 5) is 16.0. The van der Waals surface area contributed by atoms with Crippen LogP contribution in [0.15, 0.2) is 33.7 Å². The molecule has 1 aromatic rings. The summed E-state index contributed by atoms with van der Waals surface area (Å²) in [5, 5.41) is 5.77. The SMILES string of the molecule is CC(C)CN=C(N)NCCNC(=O)c1cccc(Br)c1. The molecule has 4 N–H and O–H groups in total. The van der Waals surface area contributed by atoms with Gasteiger partial charge in [-0.3, -0.25) is 9.79 Å². The number of carbonyl (C=O) groups excluding carboxylic acids is 1. The van der Waals surface area contributed by atoms with Gasteiger partial charge in [0, 0.05) is 29.7 Å². The molecule has 0 atom stereocenters. The van der Waals surface area contributed by atoms with Crippen LogP contribution in [0.25, 0.3) is 0 Å². The van der Waals surface area contributed by atoms with E-state index in [9.17, 15) is 4.79 Å². The molecule has 0 aliphatic carbocycles. The quantitative estimate of drug-likeness (QED) is 0.419. The van der Waals surface area contributed by atoms with Gasteiger partial charge in [-0.25, -0.2) is 0 Å². The van der Waals surface area contributed by atoms with E-state index in [-0.39, 0.29) is 5.91 Å². The van der Waals surface area contributed by atoms with Gasteiger partial charge >= 0.3 is 0 Å². The Bertz CT molecular complexity index is 474. The number of hydrogen-bond acceptors (Lipinski definition) is 2. The second kappa shape index (κ2) is 8.58. The van der Waals surface area contributed by atoms with Gasteiger partial charge in [0.25, 0.3) is 5.91 Å². The van der Waals surface area contributed by atoms with E-state index in [4.69, 9.17) is 5.73 Å². The van der Waals surface area contributed by atoms with E-state index in [0.717, 1.165) is 4.47 Å². The molecule has 1 rings (SSSR count). The van der Waals surface area contributed by atoms with E-state index in [1.165, 1.54) is 0 Å². The number of nitrogens with two attached hydrogens (primary N) is 1. The van der Waals surface area contributed by atoms with E-state index in [1.54, 1.807) is 12.1 Å². The molecule has 5 nitrogen and oxygen atoms in total. The van der Waals surface area contributed by atoms with Crippen LogP contribution in [0.2, 0.25) is 0 Å². The van der Waals surface area contributed by atoms with E-state index in [1.807, 2.05) is 12.1 Å². The van der Waals surface area contributed by atoms with E-state index in [0.29, 0.717) is 37.1 Å². The number of benzene rings is 1. The number of guanidine groups is 1. The maximum atomic E-state index is 11.8. The summed E-state index contributed by atoms with van der Waals surface area (Å²) in [7, 11) is 0. The molecular formula is C14H21BrN4O. The van der Waals surface area contributed by atoms with Gasteiger partial charge in [0.1, 0.15) is 0 Å². The molecule has 0 unspecified atom stereocenters. The molecule has 0 saturated heterocycles. The monoisotopic (exact) mass is 340 g/mol. The van der Waals surface area contributed by atoms with Crippen LogP contribution in [0.4, 0.5) is 0 Å². The van der Waals surface area contributed by atoms with Crippen molar-refractivity contribution < 1.29 is 4.79 Å². The third-order valence-electron chi connectivity index (χ3n) is 2.43. The molecule has 0 heterocycles. The highest BCUT2D eigenvalue weighted by molar-refractivity contribution is 9.10. The Kier molecular flexibility index (Phi) is 7.08.